The molecule has 2 amide bonds. The number of hydrogen-bond donors (Lipinski definition) is 1. The predicted octanol–water partition coefficient (Wildman–Crippen LogP) is 6.26. The number of aryl methyl sites for hydroxylation is 1. The fraction of sp³-hybridized carbons (Fsp3) is 0.440. The van der Waals surface area contributed by atoms with Gasteiger partial charge in [-0.3, -0.25) is 9.59 Å². The van der Waals surface area contributed by atoms with E-state index >= 15 is 0 Å². The Morgan fingerprint density at radius 2 is 1.78 bits per heavy atom. The van der Waals surface area contributed by atoms with E-state index in [9.17, 15) is 9.59 Å². The van der Waals surface area contributed by atoms with Crippen LogP contribution in [0.4, 0.5) is 0 Å². The molecule has 1 N–H and O–H groups in total. The summed E-state index contributed by atoms with van der Waals surface area (Å²) in [6, 6.07) is 13.0. The van der Waals surface area contributed by atoms with Crippen LogP contribution in [0.25, 0.3) is 0 Å². The molecule has 7 heteroatoms. The second-order valence-corrected chi connectivity index (χ2v) is 10.7. The van der Waals surface area contributed by atoms with Crippen molar-refractivity contribution in [3.05, 3.63) is 69.2 Å². The van der Waals surface area contributed by atoms with Crippen molar-refractivity contribution in [1.82, 2.24) is 10.2 Å². The van der Waals surface area contributed by atoms with Crippen LogP contribution in [-0.2, 0) is 21.9 Å². The fourth-order valence-corrected chi connectivity index (χ4v) is 4.53. The second-order valence-electron chi connectivity index (χ2n) is 8.92. The van der Waals surface area contributed by atoms with Gasteiger partial charge in [0.05, 0.1) is 15.8 Å². The van der Waals surface area contributed by atoms with E-state index in [0.717, 1.165) is 16.7 Å². The van der Waals surface area contributed by atoms with Gasteiger partial charge in [0.2, 0.25) is 11.8 Å². The first-order chi connectivity index (χ1) is 15.0. The number of benzene rings is 2. The summed E-state index contributed by atoms with van der Waals surface area (Å²) in [4.78, 5) is 28.0. The van der Waals surface area contributed by atoms with Gasteiger partial charge in [-0.1, -0.05) is 66.0 Å². The van der Waals surface area contributed by atoms with Gasteiger partial charge in [0, 0.05) is 17.8 Å². The molecule has 0 fully saturated rings. The van der Waals surface area contributed by atoms with Crippen LogP contribution in [-0.4, -0.2) is 34.0 Å². The molecule has 2 aromatic carbocycles. The van der Waals surface area contributed by atoms with Crippen LogP contribution in [0.3, 0.4) is 0 Å². The summed E-state index contributed by atoms with van der Waals surface area (Å²) in [7, 11) is 0. The van der Waals surface area contributed by atoms with Gasteiger partial charge < -0.3 is 10.2 Å². The molecule has 174 valence electrons. The molecule has 0 aliphatic heterocycles. The maximum Gasteiger partial charge on any atom is 0.243 e. The lowest BCUT2D eigenvalue weighted by Gasteiger charge is -2.33. The van der Waals surface area contributed by atoms with Crippen LogP contribution >= 0.6 is 35.0 Å². The molecule has 0 radical (unpaired) electrons. The lowest BCUT2D eigenvalue weighted by atomic mass is 10.1. The Morgan fingerprint density at radius 3 is 2.38 bits per heavy atom. The first kappa shape index (κ1) is 26.6. The highest BCUT2D eigenvalue weighted by Gasteiger charge is 2.30. The summed E-state index contributed by atoms with van der Waals surface area (Å²) in [5, 5.41) is 4.04. The van der Waals surface area contributed by atoms with Crippen molar-refractivity contribution in [3.63, 3.8) is 0 Å². The summed E-state index contributed by atoms with van der Waals surface area (Å²) >= 11 is 13.6. The molecule has 0 aliphatic rings. The Bertz CT molecular complexity index is 944. The van der Waals surface area contributed by atoms with Crippen LogP contribution in [0.5, 0.6) is 0 Å². The first-order valence-corrected chi connectivity index (χ1v) is 12.6. The van der Waals surface area contributed by atoms with Crippen LogP contribution in [0.15, 0.2) is 42.5 Å². The Labute approximate surface area is 206 Å². The zero-order valence-corrected chi connectivity index (χ0v) is 21.7. The van der Waals surface area contributed by atoms with Gasteiger partial charge in [-0.05, 0) is 57.4 Å². The van der Waals surface area contributed by atoms with Gasteiger partial charge in [0.25, 0.3) is 0 Å². The molecule has 0 spiro atoms. The smallest absolute Gasteiger partial charge is 0.243 e. The molecule has 0 heterocycles. The van der Waals surface area contributed by atoms with E-state index in [0.29, 0.717) is 28.8 Å². The van der Waals surface area contributed by atoms with Gasteiger partial charge >= 0.3 is 0 Å². The van der Waals surface area contributed by atoms with E-state index in [2.05, 4.69) is 11.4 Å². The molecule has 0 bridgehead atoms. The summed E-state index contributed by atoms with van der Waals surface area (Å²) in [6.45, 7) is 10.2. The number of nitrogens with zero attached hydrogens (tertiary/aromatic N) is 1. The van der Waals surface area contributed by atoms with Crippen LogP contribution < -0.4 is 5.32 Å². The predicted molar refractivity (Wildman–Crippen MR) is 136 cm³/mol. The van der Waals surface area contributed by atoms with Crippen molar-refractivity contribution in [2.45, 2.75) is 64.9 Å². The monoisotopic (exact) mass is 494 g/mol. The van der Waals surface area contributed by atoms with E-state index in [1.807, 2.05) is 65.0 Å². The zero-order valence-electron chi connectivity index (χ0n) is 19.4. The maximum absolute atomic E-state index is 13.3. The molecule has 1 atom stereocenters. The molecule has 2 aromatic rings. The molecular weight excluding hydrogens is 463 g/mol. The summed E-state index contributed by atoms with van der Waals surface area (Å²) in [5.74, 6) is 0.708. The fourth-order valence-electron chi connectivity index (χ4n) is 3.35. The maximum atomic E-state index is 13.3. The lowest BCUT2D eigenvalue weighted by Crippen LogP contribution is -2.53. The van der Waals surface area contributed by atoms with Crippen molar-refractivity contribution in [1.29, 1.82) is 0 Å². The minimum absolute atomic E-state index is 0.0625. The highest BCUT2D eigenvalue weighted by molar-refractivity contribution is 7.99. The van der Waals surface area contributed by atoms with Crippen molar-refractivity contribution in [3.8, 4) is 0 Å². The standard InChI is InChI=1S/C25H32Cl2N2O2S/c1-6-22(24(31)28-25(3,4)5)29(14-18-9-7-8-17(2)12-18)23(30)16-32-15-19-10-11-20(26)21(27)13-19/h7-13,22H,6,14-16H2,1-5H3,(H,28,31). The van der Waals surface area contributed by atoms with Gasteiger partial charge in [0.1, 0.15) is 6.04 Å². The average Bonchev–Trinajstić information content (AvgIpc) is 2.69. The van der Waals surface area contributed by atoms with Gasteiger partial charge in [0.15, 0.2) is 0 Å². The molecule has 0 aliphatic carbocycles. The molecule has 4 nitrogen and oxygen atoms in total. The molecule has 0 aromatic heterocycles. The largest absolute Gasteiger partial charge is 0.350 e. The van der Waals surface area contributed by atoms with Crippen molar-refractivity contribution >= 4 is 46.8 Å². The number of thioether (sulfide) groups is 1. The van der Waals surface area contributed by atoms with Crippen LogP contribution in [0.1, 0.15) is 50.8 Å². The Kier molecular flexibility index (Phi) is 9.93. The van der Waals surface area contributed by atoms with Gasteiger partial charge in [-0.2, -0.15) is 0 Å². The molecule has 1 unspecified atom stereocenters. The van der Waals surface area contributed by atoms with E-state index in [1.165, 1.54) is 11.8 Å². The minimum Gasteiger partial charge on any atom is -0.350 e. The van der Waals surface area contributed by atoms with Crippen molar-refractivity contribution in [2.24, 2.45) is 0 Å². The quantitative estimate of drug-likeness (QED) is 0.447. The first-order valence-electron chi connectivity index (χ1n) is 10.7. The third-order valence-electron chi connectivity index (χ3n) is 4.80. The zero-order chi connectivity index (χ0) is 23.9. The second kappa shape index (κ2) is 12.0. The van der Waals surface area contributed by atoms with E-state index in [1.54, 1.807) is 11.0 Å². The average molecular weight is 496 g/mol. The normalized spacial score (nSPS) is 12.3. The van der Waals surface area contributed by atoms with E-state index in [-0.39, 0.29) is 23.1 Å². The van der Waals surface area contributed by atoms with E-state index in [4.69, 9.17) is 23.2 Å². The molecule has 32 heavy (non-hydrogen) atoms. The lowest BCUT2D eigenvalue weighted by molar-refractivity contribution is -0.140. The number of halogens is 2. The Hall–Kier alpha value is -1.69. The van der Waals surface area contributed by atoms with Crippen LogP contribution in [0, 0.1) is 6.92 Å². The summed E-state index contributed by atoms with van der Waals surface area (Å²) in [5.41, 5.74) is 2.76. The SMILES string of the molecule is CCC(C(=O)NC(C)(C)C)N(Cc1cccc(C)c1)C(=O)CSCc1ccc(Cl)c(Cl)c1. The minimum atomic E-state index is -0.534. The van der Waals surface area contributed by atoms with Crippen LogP contribution in [0.2, 0.25) is 10.0 Å². The topological polar surface area (TPSA) is 49.4 Å². The van der Waals surface area contributed by atoms with Crippen molar-refractivity contribution < 1.29 is 9.59 Å². The number of hydrogen-bond acceptors (Lipinski definition) is 3. The number of carbonyl (C=O) groups is 2. The third-order valence-corrected chi connectivity index (χ3v) is 6.53. The molecule has 0 saturated heterocycles. The van der Waals surface area contributed by atoms with Gasteiger partial charge in [-0.25, -0.2) is 0 Å². The number of nitrogens with one attached hydrogen (secondary N) is 1. The third kappa shape index (κ3) is 8.34. The molecular formula is C25H32Cl2N2O2S. The van der Waals surface area contributed by atoms with E-state index < -0.39 is 6.04 Å². The summed E-state index contributed by atoms with van der Waals surface area (Å²) < 4.78 is 0. The Balaban J connectivity index is 2.16. The van der Waals surface area contributed by atoms with Gasteiger partial charge in [-0.15, -0.1) is 11.8 Å². The molecule has 2 rings (SSSR count). The molecule has 0 saturated carbocycles. The summed E-state index contributed by atoms with van der Waals surface area (Å²) in [6.07, 6.45) is 0.539. The van der Waals surface area contributed by atoms with Crippen molar-refractivity contribution in [2.75, 3.05) is 5.75 Å². The Morgan fingerprint density at radius 1 is 1.06 bits per heavy atom. The number of rotatable bonds is 9. The highest BCUT2D eigenvalue weighted by Crippen LogP contribution is 2.25. The number of amides is 2. The highest BCUT2D eigenvalue weighted by atomic mass is 35.5. The number of carbonyl (C=O) groups excluding carboxylic acids is 2.